The third kappa shape index (κ3) is 7.91. The highest BCUT2D eigenvalue weighted by Crippen LogP contribution is 2.23. The van der Waals surface area contributed by atoms with Gasteiger partial charge in [-0.3, -0.25) is 9.59 Å². The van der Waals surface area contributed by atoms with Gasteiger partial charge in [0, 0.05) is 23.0 Å². The van der Waals surface area contributed by atoms with E-state index >= 15 is 0 Å². The Bertz CT molecular complexity index is 1260. The third-order valence-electron chi connectivity index (χ3n) is 5.25. The van der Waals surface area contributed by atoms with Crippen LogP contribution in [-0.2, 0) is 20.9 Å². The van der Waals surface area contributed by atoms with Gasteiger partial charge in [-0.15, -0.1) is 0 Å². The highest BCUT2D eigenvalue weighted by atomic mass is 16.6. The van der Waals surface area contributed by atoms with Gasteiger partial charge in [0.2, 0.25) is 5.91 Å². The lowest BCUT2D eigenvalue weighted by molar-refractivity contribution is -0.113. The first kappa shape index (κ1) is 26.3. The molecule has 3 N–H and O–H groups in total. The fourth-order valence-corrected chi connectivity index (χ4v) is 3.13. The van der Waals surface area contributed by atoms with Crippen molar-refractivity contribution in [3.8, 4) is 11.1 Å². The van der Waals surface area contributed by atoms with E-state index < -0.39 is 6.29 Å². The van der Waals surface area contributed by atoms with Crippen LogP contribution in [0.3, 0.4) is 0 Å². The second kappa shape index (κ2) is 12.4. The molecular formula is C30H30N2O4. The number of carbonyl (C=O) groups excluding carboxylic acids is 2. The number of hydrogen-bond donors (Lipinski definition) is 3. The van der Waals surface area contributed by atoms with Crippen molar-refractivity contribution < 1.29 is 19.4 Å². The Labute approximate surface area is 211 Å². The number of aliphatic hydroxyl groups is 1. The molecule has 3 aromatic rings. The van der Waals surface area contributed by atoms with Crippen LogP contribution in [0.15, 0.2) is 103 Å². The van der Waals surface area contributed by atoms with E-state index in [4.69, 9.17) is 4.74 Å². The predicted octanol–water partition coefficient (Wildman–Crippen LogP) is 5.93. The van der Waals surface area contributed by atoms with Gasteiger partial charge in [0.1, 0.15) is 0 Å². The van der Waals surface area contributed by atoms with Crippen LogP contribution >= 0.6 is 0 Å². The van der Waals surface area contributed by atoms with Crippen LogP contribution < -0.4 is 10.6 Å². The summed E-state index contributed by atoms with van der Waals surface area (Å²) in [6, 6.07) is 22.5. The Morgan fingerprint density at radius 2 is 1.39 bits per heavy atom. The van der Waals surface area contributed by atoms with Crippen LogP contribution in [0, 0.1) is 0 Å². The maximum atomic E-state index is 12.3. The first-order valence-electron chi connectivity index (χ1n) is 11.4. The number of nitrogens with one attached hydrogen (secondary N) is 2. The smallest absolute Gasteiger partial charge is 0.250 e. The van der Waals surface area contributed by atoms with Gasteiger partial charge in [0.15, 0.2) is 6.29 Å². The monoisotopic (exact) mass is 482 g/mol. The van der Waals surface area contributed by atoms with Gasteiger partial charge >= 0.3 is 0 Å². The van der Waals surface area contributed by atoms with E-state index in [2.05, 4.69) is 23.8 Å². The lowest BCUT2D eigenvalue weighted by Crippen LogP contribution is -2.12. The lowest BCUT2D eigenvalue weighted by Gasteiger charge is -2.11. The minimum absolute atomic E-state index is 0.210. The van der Waals surface area contributed by atoms with E-state index in [0.29, 0.717) is 22.5 Å². The van der Waals surface area contributed by atoms with Crippen LogP contribution in [0.2, 0.25) is 0 Å². The number of aliphatic hydroxyl groups excluding tert-OH is 1. The number of amides is 2. The Kier molecular flexibility index (Phi) is 9.11. The van der Waals surface area contributed by atoms with E-state index in [1.54, 1.807) is 19.9 Å². The number of ether oxygens (including phenoxy) is 1. The van der Waals surface area contributed by atoms with Gasteiger partial charge in [0.25, 0.3) is 5.91 Å². The van der Waals surface area contributed by atoms with Gasteiger partial charge in [-0.1, -0.05) is 61.7 Å². The summed E-state index contributed by atoms with van der Waals surface area (Å²) >= 11 is 0. The quantitative estimate of drug-likeness (QED) is 0.190. The molecule has 1 unspecified atom stereocenters. The lowest BCUT2D eigenvalue weighted by atomic mass is 10.0. The molecule has 3 rings (SSSR count). The summed E-state index contributed by atoms with van der Waals surface area (Å²) in [5.74, 6) is -0.448. The fourth-order valence-electron chi connectivity index (χ4n) is 3.13. The van der Waals surface area contributed by atoms with Crippen molar-refractivity contribution in [3.05, 3.63) is 114 Å². The molecule has 0 heterocycles. The highest BCUT2D eigenvalue weighted by molar-refractivity contribution is 6.03. The molecule has 0 bridgehead atoms. The number of carbonyl (C=O) groups is 2. The van der Waals surface area contributed by atoms with Crippen molar-refractivity contribution in [3.63, 3.8) is 0 Å². The van der Waals surface area contributed by atoms with E-state index in [9.17, 15) is 14.7 Å². The van der Waals surface area contributed by atoms with E-state index in [1.807, 2.05) is 72.8 Å². The SMILES string of the molecule is C=C(C)C(=O)Nc1ccc(-c2ccc(NC(=O)/C=C/c3ccc(COC(O)C(=C)C)cc3)cc2)cc1. The van der Waals surface area contributed by atoms with Crippen LogP contribution in [0.5, 0.6) is 0 Å². The molecule has 184 valence electrons. The normalized spacial score (nSPS) is 11.6. The molecule has 6 nitrogen and oxygen atoms in total. The molecule has 0 aliphatic heterocycles. The zero-order valence-corrected chi connectivity index (χ0v) is 20.5. The number of benzene rings is 3. The zero-order chi connectivity index (χ0) is 26.1. The van der Waals surface area contributed by atoms with Crippen LogP contribution in [-0.4, -0.2) is 23.2 Å². The molecule has 0 aromatic heterocycles. The molecule has 0 aliphatic carbocycles. The van der Waals surface area contributed by atoms with E-state index in [0.717, 1.165) is 22.3 Å². The van der Waals surface area contributed by atoms with Crippen molar-refractivity contribution in [2.24, 2.45) is 0 Å². The average Bonchev–Trinajstić information content (AvgIpc) is 2.87. The molecule has 2 amide bonds. The summed E-state index contributed by atoms with van der Waals surface area (Å²) < 4.78 is 5.31. The van der Waals surface area contributed by atoms with Crippen LogP contribution in [0.1, 0.15) is 25.0 Å². The minimum Gasteiger partial charge on any atom is -0.364 e. The van der Waals surface area contributed by atoms with Gasteiger partial charge in [-0.25, -0.2) is 0 Å². The third-order valence-corrected chi connectivity index (χ3v) is 5.25. The summed E-state index contributed by atoms with van der Waals surface area (Å²) in [7, 11) is 0. The topological polar surface area (TPSA) is 87.7 Å². The molecule has 3 aromatic carbocycles. The van der Waals surface area contributed by atoms with Gasteiger partial charge < -0.3 is 20.5 Å². The van der Waals surface area contributed by atoms with E-state index in [-0.39, 0.29) is 18.4 Å². The van der Waals surface area contributed by atoms with Gasteiger partial charge in [-0.2, -0.15) is 0 Å². The van der Waals surface area contributed by atoms with Gasteiger partial charge in [-0.05, 0) is 72.0 Å². The molecule has 0 fully saturated rings. The van der Waals surface area contributed by atoms with Crippen molar-refractivity contribution in [1.82, 2.24) is 0 Å². The van der Waals surface area contributed by atoms with Crippen molar-refractivity contribution in [2.75, 3.05) is 10.6 Å². The molecular weight excluding hydrogens is 452 g/mol. The summed E-state index contributed by atoms with van der Waals surface area (Å²) in [5.41, 5.74) is 6.14. The van der Waals surface area contributed by atoms with Gasteiger partial charge in [0.05, 0.1) is 6.61 Å². The number of hydrogen-bond acceptors (Lipinski definition) is 4. The summed E-state index contributed by atoms with van der Waals surface area (Å²) in [6.45, 7) is 10.9. The standard InChI is InChI=1S/C30H30N2O4/c1-20(2)29(34)32-27-16-12-25(13-17-27)24-10-14-26(15-11-24)31-28(33)18-9-22-5-7-23(8-6-22)19-36-30(35)21(3)4/h5-18,30,35H,1,3,19H2,2,4H3,(H,31,33)(H,32,34)/b18-9+. The minimum atomic E-state index is -0.982. The van der Waals surface area contributed by atoms with Crippen LogP contribution in [0.4, 0.5) is 11.4 Å². The molecule has 1 atom stereocenters. The van der Waals surface area contributed by atoms with E-state index in [1.165, 1.54) is 6.08 Å². The molecule has 6 heteroatoms. The largest absolute Gasteiger partial charge is 0.364 e. The maximum Gasteiger partial charge on any atom is 0.250 e. The Morgan fingerprint density at radius 3 is 1.89 bits per heavy atom. The second-order valence-corrected chi connectivity index (χ2v) is 8.46. The maximum absolute atomic E-state index is 12.3. The fraction of sp³-hybridized carbons (Fsp3) is 0.133. The Balaban J connectivity index is 1.52. The molecule has 36 heavy (non-hydrogen) atoms. The average molecular weight is 483 g/mol. The molecule has 0 radical (unpaired) electrons. The Morgan fingerprint density at radius 1 is 0.861 bits per heavy atom. The highest BCUT2D eigenvalue weighted by Gasteiger charge is 2.06. The number of anilines is 2. The first-order chi connectivity index (χ1) is 17.2. The molecule has 0 aliphatic rings. The van der Waals surface area contributed by atoms with Crippen LogP contribution in [0.25, 0.3) is 17.2 Å². The zero-order valence-electron chi connectivity index (χ0n) is 20.5. The second-order valence-electron chi connectivity index (χ2n) is 8.46. The summed E-state index contributed by atoms with van der Waals surface area (Å²) in [6.07, 6.45) is 2.22. The summed E-state index contributed by atoms with van der Waals surface area (Å²) in [5, 5.41) is 15.3. The summed E-state index contributed by atoms with van der Waals surface area (Å²) in [4.78, 5) is 24.1. The molecule has 0 saturated heterocycles. The predicted molar refractivity (Wildman–Crippen MR) is 145 cm³/mol. The first-order valence-corrected chi connectivity index (χ1v) is 11.4. The van der Waals surface area contributed by atoms with Crippen molar-refractivity contribution >= 4 is 29.3 Å². The Hall–Kier alpha value is -4.26. The van der Waals surface area contributed by atoms with Crippen molar-refractivity contribution in [1.29, 1.82) is 0 Å². The molecule has 0 spiro atoms. The number of rotatable bonds is 10. The molecule has 0 saturated carbocycles. The van der Waals surface area contributed by atoms with Crippen molar-refractivity contribution in [2.45, 2.75) is 26.7 Å².